The number of aromatic nitrogens is 1. The van der Waals surface area contributed by atoms with Crippen LogP contribution in [0.1, 0.15) is 18.2 Å². The Balaban J connectivity index is 2.17. The molecule has 1 aromatic carbocycles. The van der Waals surface area contributed by atoms with Gasteiger partial charge in [0.15, 0.2) is 0 Å². The predicted octanol–water partition coefficient (Wildman–Crippen LogP) is 2.80. The van der Waals surface area contributed by atoms with Crippen molar-refractivity contribution in [2.45, 2.75) is 19.9 Å². The smallest absolute Gasteiger partial charge is 0.0628 e. The maximum atomic E-state index is 9.76. The molecule has 3 heteroatoms. The molecule has 0 unspecified atom stereocenters. The van der Waals surface area contributed by atoms with Gasteiger partial charge in [0.05, 0.1) is 18.2 Å². The first-order chi connectivity index (χ1) is 9.60. The molecular weight excluding hydrogens is 248 g/mol. The van der Waals surface area contributed by atoms with Crippen molar-refractivity contribution in [2.75, 3.05) is 20.2 Å². The minimum Gasteiger partial charge on any atom is -0.394 e. The lowest BCUT2D eigenvalue weighted by atomic mass is 9.89. The molecule has 0 radical (unpaired) electrons. The van der Waals surface area contributed by atoms with Gasteiger partial charge in [-0.15, -0.1) is 0 Å². The SMILES string of the molecule is Cc1cc2cccc(C3=C[C@@H](C)CN(C)[C@@H]3CO)c2[nH]1. The second kappa shape index (κ2) is 5.08. The van der Waals surface area contributed by atoms with Gasteiger partial charge in [0.25, 0.3) is 0 Å². The Labute approximate surface area is 119 Å². The van der Waals surface area contributed by atoms with Crippen LogP contribution in [-0.4, -0.2) is 41.2 Å². The predicted molar refractivity (Wildman–Crippen MR) is 83.7 cm³/mol. The average molecular weight is 270 g/mol. The Morgan fingerprint density at radius 3 is 2.95 bits per heavy atom. The number of rotatable bonds is 2. The van der Waals surface area contributed by atoms with Crippen molar-refractivity contribution >= 4 is 16.5 Å². The third-order valence-electron chi connectivity index (χ3n) is 4.21. The van der Waals surface area contributed by atoms with Crippen molar-refractivity contribution in [3.63, 3.8) is 0 Å². The molecule has 0 aliphatic carbocycles. The average Bonchev–Trinajstić information content (AvgIpc) is 2.77. The number of aliphatic hydroxyl groups is 1. The molecule has 0 fully saturated rings. The lowest BCUT2D eigenvalue weighted by molar-refractivity contribution is 0.167. The Bertz CT molecular complexity index is 656. The number of benzene rings is 1. The number of nitrogens with zero attached hydrogens (tertiary/aromatic N) is 1. The first-order valence-corrected chi connectivity index (χ1v) is 7.21. The van der Waals surface area contributed by atoms with Gasteiger partial charge in [-0.25, -0.2) is 0 Å². The normalized spacial score (nSPS) is 24.1. The fraction of sp³-hybridized carbons (Fsp3) is 0.412. The first-order valence-electron chi connectivity index (χ1n) is 7.21. The number of likely N-dealkylation sites (N-methyl/N-ethyl adjacent to an activating group) is 1. The van der Waals surface area contributed by atoms with E-state index in [1.807, 2.05) is 0 Å². The quantitative estimate of drug-likeness (QED) is 0.881. The molecule has 20 heavy (non-hydrogen) atoms. The minimum absolute atomic E-state index is 0.0837. The summed E-state index contributed by atoms with van der Waals surface area (Å²) in [5, 5.41) is 11.0. The van der Waals surface area contributed by atoms with Crippen LogP contribution in [0.25, 0.3) is 16.5 Å². The highest BCUT2D eigenvalue weighted by atomic mass is 16.3. The van der Waals surface area contributed by atoms with Gasteiger partial charge in [-0.1, -0.05) is 31.2 Å². The summed E-state index contributed by atoms with van der Waals surface area (Å²) >= 11 is 0. The fourth-order valence-corrected chi connectivity index (χ4v) is 3.33. The summed E-state index contributed by atoms with van der Waals surface area (Å²) in [6.45, 7) is 5.46. The fourth-order valence-electron chi connectivity index (χ4n) is 3.33. The number of hydrogen-bond donors (Lipinski definition) is 2. The van der Waals surface area contributed by atoms with Crippen LogP contribution in [0.5, 0.6) is 0 Å². The highest BCUT2D eigenvalue weighted by Crippen LogP contribution is 2.32. The molecule has 3 rings (SSSR count). The number of aromatic amines is 1. The number of para-hydroxylation sites is 1. The van der Waals surface area contributed by atoms with Crippen LogP contribution in [0.4, 0.5) is 0 Å². The van der Waals surface area contributed by atoms with Gasteiger partial charge in [-0.2, -0.15) is 0 Å². The van der Waals surface area contributed by atoms with Crippen LogP contribution < -0.4 is 0 Å². The van der Waals surface area contributed by atoms with E-state index in [1.54, 1.807) is 0 Å². The van der Waals surface area contributed by atoms with Gasteiger partial charge in [-0.3, -0.25) is 4.90 Å². The number of aliphatic hydroxyl groups excluding tert-OH is 1. The van der Waals surface area contributed by atoms with E-state index in [1.165, 1.54) is 27.7 Å². The second-order valence-corrected chi connectivity index (χ2v) is 5.96. The Morgan fingerprint density at radius 2 is 2.20 bits per heavy atom. The molecule has 0 spiro atoms. The van der Waals surface area contributed by atoms with Gasteiger partial charge in [0.1, 0.15) is 0 Å². The monoisotopic (exact) mass is 270 g/mol. The minimum atomic E-state index is 0.0837. The molecule has 1 aromatic heterocycles. The number of aryl methyl sites for hydroxylation is 1. The molecule has 1 aliphatic rings. The van der Waals surface area contributed by atoms with E-state index >= 15 is 0 Å². The summed E-state index contributed by atoms with van der Waals surface area (Å²) in [6, 6.07) is 8.63. The maximum absolute atomic E-state index is 9.76. The van der Waals surface area contributed by atoms with Crippen LogP contribution >= 0.6 is 0 Å². The van der Waals surface area contributed by atoms with Crippen molar-refractivity contribution in [1.82, 2.24) is 9.88 Å². The van der Waals surface area contributed by atoms with E-state index < -0.39 is 0 Å². The Hall–Kier alpha value is -1.58. The van der Waals surface area contributed by atoms with Crippen LogP contribution in [0.15, 0.2) is 30.3 Å². The molecule has 2 aromatic rings. The van der Waals surface area contributed by atoms with Crippen molar-refractivity contribution in [1.29, 1.82) is 0 Å². The third kappa shape index (κ3) is 2.17. The number of nitrogens with one attached hydrogen (secondary N) is 1. The Kier molecular flexibility index (Phi) is 3.40. The van der Waals surface area contributed by atoms with E-state index in [2.05, 4.69) is 61.1 Å². The Morgan fingerprint density at radius 1 is 1.40 bits per heavy atom. The summed E-state index contributed by atoms with van der Waals surface area (Å²) in [6.07, 6.45) is 2.31. The van der Waals surface area contributed by atoms with Gasteiger partial charge in [0, 0.05) is 23.2 Å². The summed E-state index contributed by atoms with van der Waals surface area (Å²) < 4.78 is 0. The summed E-state index contributed by atoms with van der Waals surface area (Å²) in [4.78, 5) is 5.70. The summed E-state index contributed by atoms with van der Waals surface area (Å²) in [7, 11) is 2.09. The largest absolute Gasteiger partial charge is 0.394 e. The topological polar surface area (TPSA) is 39.3 Å². The number of H-pyrrole nitrogens is 1. The van der Waals surface area contributed by atoms with Gasteiger partial charge < -0.3 is 10.1 Å². The van der Waals surface area contributed by atoms with E-state index in [4.69, 9.17) is 0 Å². The van der Waals surface area contributed by atoms with Gasteiger partial charge >= 0.3 is 0 Å². The van der Waals surface area contributed by atoms with E-state index in [9.17, 15) is 5.11 Å². The molecule has 1 aliphatic heterocycles. The molecule has 2 heterocycles. The maximum Gasteiger partial charge on any atom is 0.0628 e. The van der Waals surface area contributed by atoms with Crippen molar-refractivity contribution in [2.24, 2.45) is 5.92 Å². The lowest BCUT2D eigenvalue weighted by Gasteiger charge is -2.35. The molecule has 3 nitrogen and oxygen atoms in total. The van der Waals surface area contributed by atoms with Crippen LogP contribution in [-0.2, 0) is 0 Å². The highest BCUT2D eigenvalue weighted by molar-refractivity contribution is 5.93. The molecule has 0 amide bonds. The van der Waals surface area contributed by atoms with E-state index in [0.717, 1.165) is 6.54 Å². The highest BCUT2D eigenvalue weighted by Gasteiger charge is 2.27. The molecule has 0 saturated carbocycles. The van der Waals surface area contributed by atoms with Crippen molar-refractivity contribution in [3.8, 4) is 0 Å². The van der Waals surface area contributed by atoms with Crippen LogP contribution in [0.3, 0.4) is 0 Å². The lowest BCUT2D eigenvalue weighted by Crippen LogP contribution is -2.41. The van der Waals surface area contributed by atoms with E-state index in [-0.39, 0.29) is 12.6 Å². The van der Waals surface area contributed by atoms with Gasteiger partial charge in [-0.05, 0) is 31.5 Å². The molecule has 0 saturated heterocycles. The van der Waals surface area contributed by atoms with Crippen molar-refractivity contribution < 1.29 is 5.11 Å². The van der Waals surface area contributed by atoms with Crippen molar-refractivity contribution in [3.05, 3.63) is 41.6 Å². The van der Waals surface area contributed by atoms with Gasteiger partial charge in [0.2, 0.25) is 0 Å². The van der Waals surface area contributed by atoms with Crippen LogP contribution in [0, 0.1) is 12.8 Å². The molecule has 0 bridgehead atoms. The van der Waals surface area contributed by atoms with Crippen LogP contribution in [0.2, 0.25) is 0 Å². The zero-order valence-corrected chi connectivity index (χ0v) is 12.4. The molecule has 2 atom stereocenters. The number of fused-ring (bicyclic) bond motifs is 1. The second-order valence-electron chi connectivity index (χ2n) is 5.96. The zero-order valence-electron chi connectivity index (χ0n) is 12.4. The number of hydrogen-bond acceptors (Lipinski definition) is 2. The molecule has 106 valence electrons. The standard InChI is InChI=1S/C17H22N2O/c1-11-7-15(16(10-20)19(3)9-11)14-6-4-5-13-8-12(2)18-17(13)14/h4-8,11,16,18,20H,9-10H2,1-3H3/t11-,16-/m1/s1. The zero-order chi connectivity index (χ0) is 14.3. The molecule has 2 N–H and O–H groups in total. The van der Waals surface area contributed by atoms with E-state index in [0.29, 0.717) is 5.92 Å². The first kappa shape index (κ1) is 13.4. The third-order valence-corrected chi connectivity index (χ3v) is 4.21. The summed E-state index contributed by atoms with van der Waals surface area (Å²) in [5.74, 6) is 0.504. The molecular formula is C17H22N2O. The summed E-state index contributed by atoms with van der Waals surface area (Å²) in [5.41, 5.74) is 4.80.